The molecule has 1 amide bonds. The quantitative estimate of drug-likeness (QED) is 0.635. The van der Waals surface area contributed by atoms with E-state index in [1.807, 2.05) is 0 Å². The Kier molecular flexibility index (Phi) is 2.71. The van der Waals surface area contributed by atoms with Crippen molar-refractivity contribution in [2.75, 3.05) is 5.32 Å². The summed E-state index contributed by atoms with van der Waals surface area (Å²) >= 11 is 0. The van der Waals surface area contributed by atoms with Crippen LogP contribution in [0.5, 0.6) is 0 Å². The number of rotatable bonds is 2. The number of nitrogens with two attached hydrogens (primary N) is 1. The molecule has 0 aliphatic carbocycles. The Hall–Kier alpha value is -1.49. The number of anilines is 1. The molecular formula is C7H10N4O. The Labute approximate surface area is 70.0 Å². The van der Waals surface area contributed by atoms with Crippen molar-refractivity contribution in [2.24, 2.45) is 5.73 Å². The van der Waals surface area contributed by atoms with E-state index in [-0.39, 0.29) is 5.91 Å². The topological polar surface area (TPSA) is 80.9 Å². The second kappa shape index (κ2) is 3.77. The molecule has 0 aromatic carbocycles. The van der Waals surface area contributed by atoms with Crippen molar-refractivity contribution >= 4 is 11.6 Å². The number of aromatic nitrogens is 2. The van der Waals surface area contributed by atoms with Gasteiger partial charge in [-0.1, -0.05) is 0 Å². The van der Waals surface area contributed by atoms with E-state index in [9.17, 15) is 4.79 Å². The van der Waals surface area contributed by atoms with E-state index in [4.69, 9.17) is 5.73 Å². The van der Waals surface area contributed by atoms with Gasteiger partial charge in [-0.25, -0.2) is 9.97 Å². The molecular weight excluding hydrogens is 156 g/mol. The van der Waals surface area contributed by atoms with Gasteiger partial charge in [-0.3, -0.25) is 4.79 Å². The number of hydrogen-bond acceptors (Lipinski definition) is 4. The zero-order valence-corrected chi connectivity index (χ0v) is 6.69. The van der Waals surface area contributed by atoms with Gasteiger partial charge in [-0.15, -0.1) is 0 Å². The molecule has 0 bridgehead atoms. The van der Waals surface area contributed by atoms with Crippen LogP contribution in [0.1, 0.15) is 6.92 Å². The van der Waals surface area contributed by atoms with Crippen LogP contribution in [0.3, 0.4) is 0 Å². The molecule has 0 spiro atoms. The van der Waals surface area contributed by atoms with Crippen molar-refractivity contribution in [1.29, 1.82) is 0 Å². The largest absolute Gasteiger partial charge is 0.322 e. The molecule has 0 aliphatic heterocycles. The number of carbonyl (C=O) groups is 1. The molecule has 1 rings (SSSR count). The van der Waals surface area contributed by atoms with Crippen molar-refractivity contribution in [1.82, 2.24) is 9.97 Å². The first kappa shape index (κ1) is 8.61. The lowest BCUT2D eigenvalue weighted by Gasteiger charge is -2.05. The molecule has 1 heterocycles. The molecule has 0 radical (unpaired) electrons. The summed E-state index contributed by atoms with van der Waals surface area (Å²) in [6.07, 6.45) is 4.40. The van der Waals surface area contributed by atoms with Crippen LogP contribution in [0.2, 0.25) is 0 Å². The zero-order chi connectivity index (χ0) is 8.97. The third-order valence-corrected chi connectivity index (χ3v) is 1.24. The van der Waals surface area contributed by atoms with E-state index in [1.165, 1.54) is 18.7 Å². The predicted molar refractivity (Wildman–Crippen MR) is 44.3 cm³/mol. The number of nitrogens with zero attached hydrogens (tertiary/aromatic N) is 2. The highest BCUT2D eigenvalue weighted by atomic mass is 16.2. The van der Waals surface area contributed by atoms with Crippen LogP contribution in [0.25, 0.3) is 0 Å². The van der Waals surface area contributed by atoms with Crippen LogP contribution < -0.4 is 11.1 Å². The third kappa shape index (κ3) is 2.28. The normalized spacial score (nSPS) is 12.2. The summed E-state index contributed by atoms with van der Waals surface area (Å²) < 4.78 is 0. The maximum absolute atomic E-state index is 11.0. The highest BCUT2D eigenvalue weighted by molar-refractivity contribution is 5.93. The minimum Gasteiger partial charge on any atom is -0.322 e. The maximum atomic E-state index is 11.0. The van der Waals surface area contributed by atoms with Crippen LogP contribution in [0.4, 0.5) is 5.69 Å². The molecule has 12 heavy (non-hydrogen) atoms. The molecule has 64 valence electrons. The number of carbonyl (C=O) groups excluding carboxylic acids is 1. The van der Waals surface area contributed by atoms with Crippen LogP contribution in [0.15, 0.2) is 18.7 Å². The Morgan fingerprint density at radius 3 is 2.67 bits per heavy atom. The summed E-state index contributed by atoms with van der Waals surface area (Å²) in [4.78, 5) is 18.5. The van der Waals surface area contributed by atoms with E-state index < -0.39 is 6.04 Å². The van der Waals surface area contributed by atoms with Crippen molar-refractivity contribution in [3.05, 3.63) is 18.7 Å². The second-order valence-corrected chi connectivity index (χ2v) is 2.41. The molecule has 0 saturated carbocycles. The molecule has 1 atom stereocenters. The van der Waals surface area contributed by atoms with E-state index in [2.05, 4.69) is 15.3 Å². The highest BCUT2D eigenvalue weighted by Crippen LogP contribution is 1.99. The minimum absolute atomic E-state index is 0.246. The van der Waals surface area contributed by atoms with Gasteiger partial charge < -0.3 is 11.1 Å². The SMILES string of the molecule is CC(N)C(=O)Nc1cncnc1. The summed E-state index contributed by atoms with van der Waals surface area (Å²) in [5, 5.41) is 2.55. The van der Waals surface area contributed by atoms with Crippen molar-refractivity contribution in [3.8, 4) is 0 Å². The highest BCUT2D eigenvalue weighted by Gasteiger charge is 2.06. The van der Waals surface area contributed by atoms with E-state index >= 15 is 0 Å². The Morgan fingerprint density at radius 1 is 1.58 bits per heavy atom. The summed E-state index contributed by atoms with van der Waals surface area (Å²) in [7, 11) is 0. The predicted octanol–water partition coefficient (Wildman–Crippen LogP) is -0.238. The van der Waals surface area contributed by atoms with Gasteiger partial charge in [0.05, 0.1) is 24.1 Å². The fourth-order valence-corrected chi connectivity index (χ4v) is 0.620. The fourth-order valence-electron chi connectivity index (χ4n) is 0.620. The smallest absolute Gasteiger partial charge is 0.241 e. The Morgan fingerprint density at radius 2 is 2.17 bits per heavy atom. The minimum atomic E-state index is -0.523. The molecule has 0 saturated heterocycles. The zero-order valence-electron chi connectivity index (χ0n) is 6.69. The van der Waals surface area contributed by atoms with Gasteiger partial charge in [0.1, 0.15) is 6.33 Å². The Balaban J connectivity index is 2.59. The van der Waals surface area contributed by atoms with Crippen LogP contribution in [-0.2, 0) is 4.79 Å². The molecule has 1 aromatic rings. The molecule has 5 nitrogen and oxygen atoms in total. The van der Waals surface area contributed by atoms with E-state index in [0.29, 0.717) is 5.69 Å². The first-order valence-electron chi connectivity index (χ1n) is 3.51. The second-order valence-electron chi connectivity index (χ2n) is 2.41. The summed E-state index contributed by atoms with van der Waals surface area (Å²) in [6, 6.07) is -0.523. The van der Waals surface area contributed by atoms with Gasteiger partial charge in [-0.2, -0.15) is 0 Å². The first-order chi connectivity index (χ1) is 5.70. The van der Waals surface area contributed by atoms with Crippen LogP contribution >= 0.6 is 0 Å². The summed E-state index contributed by atoms with van der Waals surface area (Å²) in [5.41, 5.74) is 5.89. The summed E-state index contributed by atoms with van der Waals surface area (Å²) in [6.45, 7) is 1.61. The average molecular weight is 166 g/mol. The van der Waals surface area contributed by atoms with Crippen LogP contribution in [-0.4, -0.2) is 21.9 Å². The van der Waals surface area contributed by atoms with Crippen molar-refractivity contribution < 1.29 is 4.79 Å². The standard InChI is InChI=1S/C7H10N4O/c1-5(8)7(12)11-6-2-9-4-10-3-6/h2-5H,8H2,1H3,(H,11,12). The fraction of sp³-hybridized carbons (Fsp3) is 0.286. The van der Waals surface area contributed by atoms with E-state index in [0.717, 1.165) is 0 Å². The number of amides is 1. The molecule has 5 heteroatoms. The van der Waals surface area contributed by atoms with Gasteiger partial charge in [0, 0.05) is 0 Å². The van der Waals surface area contributed by atoms with Gasteiger partial charge >= 0.3 is 0 Å². The molecule has 3 N–H and O–H groups in total. The third-order valence-electron chi connectivity index (χ3n) is 1.24. The summed E-state index contributed by atoms with van der Waals surface area (Å²) in [5.74, 6) is -0.246. The number of hydrogen-bond donors (Lipinski definition) is 2. The van der Waals surface area contributed by atoms with Crippen LogP contribution in [0, 0.1) is 0 Å². The van der Waals surface area contributed by atoms with Crippen molar-refractivity contribution in [2.45, 2.75) is 13.0 Å². The van der Waals surface area contributed by atoms with E-state index in [1.54, 1.807) is 6.92 Å². The molecule has 1 unspecified atom stereocenters. The molecule has 0 fully saturated rings. The lowest BCUT2D eigenvalue weighted by molar-refractivity contribution is -0.117. The first-order valence-corrected chi connectivity index (χ1v) is 3.51. The van der Waals surface area contributed by atoms with Gasteiger partial charge in [0.25, 0.3) is 0 Å². The van der Waals surface area contributed by atoms with Gasteiger partial charge in [0.2, 0.25) is 5.91 Å². The monoisotopic (exact) mass is 166 g/mol. The Bertz CT molecular complexity index is 259. The van der Waals surface area contributed by atoms with Gasteiger partial charge in [-0.05, 0) is 6.92 Å². The lowest BCUT2D eigenvalue weighted by Crippen LogP contribution is -2.32. The number of nitrogens with one attached hydrogen (secondary N) is 1. The van der Waals surface area contributed by atoms with Gasteiger partial charge in [0.15, 0.2) is 0 Å². The lowest BCUT2D eigenvalue weighted by atomic mass is 10.3. The average Bonchev–Trinajstić information content (AvgIpc) is 2.06. The maximum Gasteiger partial charge on any atom is 0.241 e. The molecule has 1 aromatic heterocycles. The molecule has 0 aliphatic rings. The van der Waals surface area contributed by atoms with Crippen molar-refractivity contribution in [3.63, 3.8) is 0 Å².